The Morgan fingerprint density at radius 2 is 1.90 bits per heavy atom. The van der Waals surface area contributed by atoms with Crippen LogP contribution >= 0.6 is 0 Å². The first-order chi connectivity index (χ1) is 14.3. The molecule has 0 aliphatic carbocycles. The van der Waals surface area contributed by atoms with Gasteiger partial charge in [-0.3, -0.25) is 4.78 Å². The van der Waals surface area contributed by atoms with Crippen LogP contribution in [0.1, 0.15) is 5.56 Å². The molecule has 30 heavy (non-hydrogen) atoms. The number of pyridine rings is 2. The van der Waals surface area contributed by atoms with Crippen molar-refractivity contribution in [3.05, 3.63) is 59.8 Å². The highest BCUT2D eigenvalue weighted by Crippen LogP contribution is 2.34. The molecule has 0 amide bonds. The quantitative estimate of drug-likeness (QED) is 0.633. The Morgan fingerprint density at radius 3 is 2.70 bits per heavy atom. The van der Waals surface area contributed by atoms with Gasteiger partial charge < -0.3 is 14.8 Å². The highest BCUT2D eigenvalue weighted by atomic mass is 32.2. The van der Waals surface area contributed by atoms with Crippen LogP contribution in [0.5, 0.6) is 11.6 Å². The van der Waals surface area contributed by atoms with Crippen LogP contribution < -0.4 is 14.8 Å². The second kappa shape index (κ2) is 7.86. The molecule has 1 unspecified atom stereocenters. The van der Waals surface area contributed by atoms with Crippen LogP contribution in [-0.4, -0.2) is 33.6 Å². The highest BCUT2D eigenvalue weighted by molar-refractivity contribution is 7.90. The number of hydrogen-bond donors (Lipinski definition) is 2. The smallest absolute Gasteiger partial charge is 0.215 e. The maximum atomic E-state index is 14.5. The maximum absolute atomic E-state index is 14.5. The second-order valence-electron chi connectivity index (χ2n) is 6.86. The molecule has 1 aliphatic rings. The summed E-state index contributed by atoms with van der Waals surface area (Å²) in [6.45, 7) is 0.153. The number of fused-ring (bicyclic) bond motifs is 6. The molecular formula is C20H18F2N4O3S. The van der Waals surface area contributed by atoms with Crippen LogP contribution in [0.3, 0.4) is 0 Å². The Bertz CT molecular complexity index is 1220. The van der Waals surface area contributed by atoms with Crippen molar-refractivity contribution in [3.8, 4) is 22.8 Å². The van der Waals surface area contributed by atoms with Crippen molar-refractivity contribution in [2.24, 2.45) is 0 Å². The molecular weight excluding hydrogens is 414 g/mol. The summed E-state index contributed by atoms with van der Waals surface area (Å²) >= 11 is 0. The van der Waals surface area contributed by atoms with Gasteiger partial charge in [0.2, 0.25) is 5.88 Å². The molecule has 1 aromatic carbocycles. The van der Waals surface area contributed by atoms with Crippen LogP contribution in [0.25, 0.3) is 11.1 Å². The van der Waals surface area contributed by atoms with Crippen molar-refractivity contribution in [2.45, 2.75) is 5.75 Å². The largest absolute Gasteiger partial charge is 0.489 e. The Hall–Kier alpha value is -3.27. The number of benzene rings is 1. The Labute approximate surface area is 172 Å². The molecule has 7 nitrogen and oxygen atoms in total. The van der Waals surface area contributed by atoms with Crippen molar-refractivity contribution >= 4 is 21.4 Å². The van der Waals surface area contributed by atoms with Crippen LogP contribution in [0.15, 0.2) is 42.6 Å². The number of nitrogens with zero attached hydrogens (tertiary/aromatic N) is 2. The van der Waals surface area contributed by atoms with Gasteiger partial charge >= 0.3 is 0 Å². The van der Waals surface area contributed by atoms with Crippen molar-refractivity contribution in [1.82, 2.24) is 9.97 Å². The highest BCUT2D eigenvalue weighted by Gasteiger charge is 2.16. The lowest BCUT2D eigenvalue weighted by atomic mass is 10.0. The van der Waals surface area contributed by atoms with Gasteiger partial charge in [-0.05, 0) is 29.8 Å². The summed E-state index contributed by atoms with van der Waals surface area (Å²) in [6, 6.07) is 8.55. The molecule has 0 radical (unpaired) electrons. The van der Waals surface area contributed by atoms with E-state index < -0.39 is 21.4 Å². The van der Waals surface area contributed by atoms with Gasteiger partial charge in [0, 0.05) is 39.2 Å². The second-order valence-corrected chi connectivity index (χ2v) is 9.16. The summed E-state index contributed by atoms with van der Waals surface area (Å²) in [5.74, 6) is -0.0364. The Balaban J connectivity index is 1.80. The fourth-order valence-corrected chi connectivity index (χ4v) is 3.88. The predicted octanol–water partition coefficient (Wildman–Crippen LogP) is 4.11. The molecule has 10 heteroatoms. The van der Waals surface area contributed by atoms with Gasteiger partial charge in [-0.15, -0.1) is 0 Å². The van der Waals surface area contributed by atoms with Crippen molar-refractivity contribution in [1.29, 1.82) is 4.78 Å². The van der Waals surface area contributed by atoms with Gasteiger partial charge in [-0.25, -0.2) is 18.0 Å². The molecule has 1 atom stereocenters. The average molecular weight is 432 g/mol. The fraction of sp³-hybridized carbons (Fsp3) is 0.200. The van der Waals surface area contributed by atoms with E-state index in [1.807, 2.05) is 0 Å². The summed E-state index contributed by atoms with van der Waals surface area (Å²) in [5.41, 5.74) is 1.15. The van der Waals surface area contributed by atoms with Crippen LogP contribution in [0.2, 0.25) is 0 Å². The van der Waals surface area contributed by atoms with E-state index in [0.717, 1.165) is 6.20 Å². The van der Waals surface area contributed by atoms with Gasteiger partial charge in [0.15, 0.2) is 0 Å². The molecule has 0 spiro atoms. The number of anilines is 2. The molecule has 4 rings (SSSR count). The first-order valence-electron chi connectivity index (χ1n) is 8.97. The lowest BCUT2D eigenvalue weighted by Crippen LogP contribution is -2.11. The van der Waals surface area contributed by atoms with E-state index in [2.05, 4.69) is 15.3 Å². The van der Waals surface area contributed by atoms with Crippen LogP contribution in [0, 0.1) is 16.4 Å². The molecule has 3 aromatic rings. The standard InChI is InChI=1S/C20H18F2N4O3S/c1-30(23,27)11-12-6-19-25-18-9-15(16(22)10-24-18)14-3-2-13(21)8-17(14)28-4-5-29-20(7-12)26-19/h2-3,6-10,23H,4-5,11H2,1H3,(H,24,25,26). The first kappa shape index (κ1) is 20.0. The third-order valence-electron chi connectivity index (χ3n) is 4.24. The zero-order valence-electron chi connectivity index (χ0n) is 15.9. The van der Waals surface area contributed by atoms with E-state index in [9.17, 15) is 13.0 Å². The zero-order valence-corrected chi connectivity index (χ0v) is 16.8. The summed E-state index contributed by atoms with van der Waals surface area (Å²) in [6.07, 6.45) is 2.40. The van der Waals surface area contributed by atoms with Crippen molar-refractivity contribution < 1.29 is 22.5 Å². The summed E-state index contributed by atoms with van der Waals surface area (Å²) < 4.78 is 59.2. The lowest BCUT2D eigenvalue weighted by molar-refractivity contribution is 0.212. The summed E-state index contributed by atoms with van der Waals surface area (Å²) in [4.78, 5) is 8.36. The molecule has 2 aromatic heterocycles. The van der Waals surface area contributed by atoms with E-state index >= 15 is 0 Å². The van der Waals surface area contributed by atoms with Gasteiger partial charge in [0.05, 0.1) is 11.9 Å². The number of rotatable bonds is 2. The normalized spacial score (nSPS) is 15.0. The molecule has 0 saturated carbocycles. The van der Waals surface area contributed by atoms with Gasteiger partial charge in [-0.2, -0.15) is 4.98 Å². The van der Waals surface area contributed by atoms with Crippen LogP contribution in [-0.2, 0) is 15.5 Å². The minimum Gasteiger partial charge on any atom is -0.489 e. The minimum atomic E-state index is -2.79. The predicted molar refractivity (Wildman–Crippen MR) is 109 cm³/mol. The van der Waals surface area contributed by atoms with Crippen molar-refractivity contribution in [3.63, 3.8) is 0 Å². The van der Waals surface area contributed by atoms with E-state index in [-0.39, 0.29) is 36.2 Å². The van der Waals surface area contributed by atoms with Gasteiger partial charge in [0.25, 0.3) is 0 Å². The maximum Gasteiger partial charge on any atom is 0.215 e. The minimum absolute atomic E-state index is 0.0177. The number of aromatic nitrogens is 2. The van der Waals surface area contributed by atoms with E-state index in [1.165, 1.54) is 30.5 Å². The Kier molecular flexibility index (Phi) is 5.25. The van der Waals surface area contributed by atoms with Crippen LogP contribution in [0.4, 0.5) is 20.4 Å². The lowest BCUT2D eigenvalue weighted by Gasteiger charge is -2.13. The zero-order chi connectivity index (χ0) is 21.3. The van der Waals surface area contributed by atoms with Gasteiger partial charge in [0.1, 0.15) is 42.2 Å². The van der Waals surface area contributed by atoms with E-state index in [4.69, 9.17) is 14.3 Å². The molecule has 156 valence electrons. The monoisotopic (exact) mass is 432 g/mol. The molecule has 3 heterocycles. The third kappa shape index (κ3) is 4.65. The van der Waals surface area contributed by atoms with E-state index in [1.54, 1.807) is 12.1 Å². The third-order valence-corrected chi connectivity index (χ3v) is 5.12. The van der Waals surface area contributed by atoms with E-state index in [0.29, 0.717) is 22.8 Å². The molecule has 1 aliphatic heterocycles. The molecule has 2 N–H and O–H groups in total. The van der Waals surface area contributed by atoms with Crippen molar-refractivity contribution in [2.75, 3.05) is 24.8 Å². The topological polar surface area (TPSA) is 97.2 Å². The average Bonchev–Trinajstić information content (AvgIpc) is 2.66. The number of hydrogen-bond acceptors (Lipinski definition) is 7. The molecule has 4 bridgehead atoms. The summed E-state index contributed by atoms with van der Waals surface area (Å²) in [5, 5.41) is 2.98. The number of halogens is 2. The summed E-state index contributed by atoms with van der Waals surface area (Å²) in [7, 11) is -2.79. The first-order valence-corrected chi connectivity index (χ1v) is 11.1. The van der Waals surface area contributed by atoms with Gasteiger partial charge in [-0.1, -0.05) is 0 Å². The number of ether oxygens (including phenoxy) is 2. The fourth-order valence-electron chi connectivity index (χ4n) is 3.08. The molecule has 0 fully saturated rings. The SMILES string of the molecule is CS(=N)(=O)Cc1cc2nc(c1)OCCOc1cc(F)ccc1-c1cc(ncc1F)N2. The Morgan fingerprint density at radius 1 is 1.10 bits per heavy atom. The number of nitrogens with one attached hydrogen (secondary N) is 2. The molecule has 0 saturated heterocycles.